The van der Waals surface area contributed by atoms with Crippen LogP contribution in [-0.4, -0.2) is 38.3 Å². The lowest BCUT2D eigenvalue weighted by Gasteiger charge is -2.12. The molecule has 0 radical (unpaired) electrons. The second kappa shape index (κ2) is 6.79. The first kappa shape index (κ1) is 17.3. The van der Waals surface area contributed by atoms with E-state index in [1.165, 1.54) is 18.3 Å². The zero-order chi connectivity index (χ0) is 18.8. The fourth-order valence-corrected chi connectivity index (χ4v) is 2.42. The molecular weight excluding hydrogens is 343 g/mol. The summed E-state index contributed by atoms with van der Waals surface area (Å²) in [5, 5.41) is 16.2. The summed E-state index contributed by atoms with van der Waals surface area (Å²) in [7, 11) is 0. The molecule has 134 valence electrons. The average Bonchev–Trinajstić information content (AvgIpc) is 3.03. The van der Waals surface area contributed by atoms with Gasteiger partial charge in [-0.3, -0.25) is 0 Å². The molecule has 3 rings (SSSR count). The maximum absolute atomic E-state index is 14.1. The monoisotopic (exact) mass is 358 g/mol. The van der Waals surface area contributed by atoms with Crippen molar-refractivity contribution in [3.05, 3.63) is 53.1 Å². The second-order valence-corrected chi connectivity index (χ2v) is 5.45. The average molecular weight is 358 g/mol. The van der Waals surface area contributed by atoms with Crippen molar-refractivity contribution >= 4 is 29.1 Å². The molecule has 0 aliphatic rings. The number of anilines is 2. The highest BCUT2D eigenvalue weighted by molar-refractivity contribution is 5.98. The number of carbonyl (C=O) groups excluding carboxylic acids is 1. The van der Waals surface area contributed by atoms with Gasteiger partial charge >= 0.3 is 11.9 Å². The Labute approximate surface area is 147 Å². The van der Waals surface area contributed by atoms with Crippen molar-refractivity contribution in [2.75, 3.05) is 11.9 Å². The molecule has 8 nitrogen and oxygen atoms in total. The van der Waals surface area contributed by atoms with Crippen molar-refractivity contribution in [2.45, 2.75) is 13.8 Å². The van der Waals surface area contributed by atoms with Crippen molar-refractivity contribution in [3.63, 3.8) is 0 Å². The highest BCUT2D eigenvalue weighted by atomic mass is 19.1. The molecule has 0 spiro atoms. The van der Waals surface area contributed by atoms with E-state index < -0.39 is 17.8 Å². The number of carbonyl (C=O) groups is 2. The van der Waals surface area contributed by atoms with E-state index in [0.29, 0.717) is 0 Å². The summed E-state index contributed by atoms with van der Waals surface area (Å²) in [6.45, 7) is 3.60. The normalized spacial score (nSPS) is 10.7. The number of aromatic carboxylic acids is 1. The SMILES string of the molecule is CCOC(=O)c1cnn2c(Nc3cc(C)ccc3F)c(C(=O)O)cnc12. The largest absolute Gasteiger partial charge is 0.477 e. The second-order valence-electron chi connectivity index (χ2n) is 5.45. The Hall–Kier alpha value is -3.49. The van der Waals surface area contributed by atoms with Crippen LogP contribution < -0.4 is 5.32 Å². The van der Waals surface area contributed by atoms with Crippen LogP contribution in [0.1, 0.15) is 33.2 Å². The van der Waals surface area contributed by atoms with Crippen LogP contribution in [0.4, 0.5) is 15.9 Å². The molecule has 2 heterocycles. The van der Waals surface area contributed by atoms with Gasteiger partial charge in [0.2, 0.25) is 0 Å². The minimum atomic E-state index is -1.27. The van der Waals surface area contributed by atoms with Crippen LogP contribution in [0.2, 0.25) is 0 Å². The molecule has 0 unspecified atom stereocenters. The van der Waals surface area contributed by atoms with Crippen molar-refractivity contribution in [3.8, 4) is 0 Å². The third-order valence-electron chi connectivity index (χ3n) is 3.63. The van der Waals surface area contributed by atoms with E-state index in [1.807, 2.05) is 0 Å². The topological polar surface area (TPSA) is 106 Å². The number of nitrogens with one attached hydrogen (secondary N) is 1. The third-order valence-corrected chi connectivity index (χ3v) is 3.63. The van der Waals surface area contributed by atoms with E-state index in [-0.39, 0.29) is 34.9 Å². The lowest BCUT2D eigenvalue weighted by molar-refractivity contribution is 0.0528. The number of aromatic nitrogens is 3. The zero-order valence-electron chi connectivity index (χ0n) is 14.0. The molecule has 2 aromatic heterocycles. The van der Waals surface area contributed by atoms with Gasteiger partial charge in [0, 0.05) is 6.20 Å². The van der Waals surface area contributed by atoms with Crippen molar-refractivity contribution in [1.82, 2.24) is 14.6 Å². The van der Waals surface area contributed by atoms with Gasteiger partial charge in [-0.15, -0.1) is 0 Å². The number of esters is 1. The van der Waals surface area contributed by atoms with Gasteiger partial charge in [-0.1, -0.05) is 6.07 Å². The van der Waals surface area contributed by atoms with E-state index in [9.17, 15) is 19.1 Å². The molecule has 0 aliphatic heterocycles. The molecule has 0 bridgehead atoms. The molecule has 0 fully saturated rings. The summed E-state index contributed by atoms with van der Waals surface area (Å²) in [5.74, 6) is -2.49. The Morgan fingerprint density at radius 3 is 2.77 bits per heavy atom. The number of carboxylic acids is 1. The highest BCUT2D eigenvalue weighted by Gasteiger charge is 2.22. The number of halogens is 1. The summed E-state index contributed by atoms with van der Waals surface area (Å²) in [6.07, 6.45) is 2.31. The lowest BCUT2D eigenvalue weighted by Crippen LogP contribution is -2.11. The Morgan fingerprint density at radius 1 is 1.31 bits per heavy atom. The maximum atomic E-state index is 14.1. The van der Waals surface area contributed by atoms with Crippen LogP contribution in [0.3, 0.4) is 0 Å². The van der Waals surface area contributed by atoms with Gasteiger partial charge in [0.1, 0.15) is 16.9 Å². The number of carboxylic acid groups (broad SMARTS) is 1. The fourth-order valence-electron chi connectivity index (χ4n) is 2.42. The third kappa shape index (κ3) is 3.06. The molecular formula is C17H15FN4O4. The van der Waals surface area contributed by atoms with Crippen molar-refractivity contribution in [1.29, 1.82) is 0 Å². The molecule has 9 heteroatoms. The van der Waals surface area contributed by atoms with E-state index in [4.69, 9.17) is 4.74 Å². The predicted molar refractivity (Wildman–Crippen MR) is 90.3 cm³/mol. The van der Waals surface area contributed by atoms with Crippen LogP contribution in [0.15, 0.2) is 30.6 Å². The van der Waals surface area contributed by atoms with Gasteiger partial charge in [0.25, 0.3) is 0 Å². The first-order chi connectivity index (χ1) is 12.4. The van der Waals surface area contributed by atoms with Crippen LogP contribution >= 0.6 is 0 Å². The molecule has 1 aromatic carbocycles. The van der Waals surface area contributed by atoms with Gasteiger partial charge in [-0.2, -0.15) is 9.61 Å². The minimum Gasteiger partial charge on any atom is -0.477 e. The Morgan fingerprint density at radius 2 is 2.08 bits per heavy atom. The molecule has 2 N–H and O–H groups in total. The molecule has 0 amide bonds. The van der Waals surface area contributed by atoms with Gasteiger partial charge in [0.15, 0.2) is 11.5 Å². The van der Waals surface area contributed by atoms with E-state index in [0.717, 1.165) is 16.3 Å². The maximum Gasteiger partial charge on any atom is 0.343 e. The number of benzene rings is 1. The minimum absolute atomic E-state index is 0.0254. The summed E-state index contributed by atoms with van der Waals surface area (Å²) in [6, 6.07) is 4.39. The standard InChI is InChI=1S/C17H15FN4O4/c1-3-26-17(25)11-8-20-22-14(11)19-7-10(16(23)24)15(22)21-13-6-9(2)4-5-12(13)18/h4-8,21H,3H2,1-2H3,(H,23,24). The number of hydrogen-bond donors (Lipinski definition) is 2. The number of hydrogen-bond acceptors (Lipinski definition) is 6. The van der Waals surface area contributed by atoms with Crippen LogP contribution in [0.25, 0.3) is 5.65 Å². The molecule has 0 saturated heterocycles. The molecule has 0 aliphatic carbocycles. The van der Waals surface area contributed by atoms with Crippen LogP contribution in [0, 0.1) is 12.7 Å². The van der Waals surface area contributed by atoms with E-state index >= 15 is 0 Å². The number of rotatable bonds is 5. The molecule has 0 atom stereocenters. The smallest absolute Gasteiger partial charge is 0.343 e. The first-order valence-electron chi connectivity index (χ1n) is 7.72. The van der Waals surface area contributed by atoms with Gasteiger partial charge < -0.3 is 15.2 Å². The Balaban J connectivity index is 2.18. The van der Waals surface area contributed by atoms with Gasteiger partial charge in [0.05, 0.1) is 18.5 Å². The van der Waals surface area contributed by atoms with Crippen LogP contribution in [-0.2, 0) is 4.74 Å². The number of nitrogens with zero attached hydrogens (tertiary/aromatic N) is 3. The van der Waals surface area contributed by atoms with Crippen molar-refractivity contribution < 1.29 is 23.8 Å². The van der Waals surface area contributed by atoms with E-state index in [2.05, 4.69) is 15.4 Å². The Kier molecular flexibility index (Phi) is 4.53. The zero-order valence-corrected chi connectivity index (χ0v) is 14.0. The molecule has 0 saturated carbocycles. The first-order valence-corrected chi connectivity index (χ1v) is 7.72. The summed E-state index contributed by atoms with van der Waals surface area (Å²) in [4.78, 5) is 27.5. The molecule has 26 heavy (non-hydrogen) atoms. The molecule has 3 aromatic rings. The summed E-state index contributed by atoms with van der Waals surface area (Å²) < 4.78 is 20.2. The van der Waals surface area contributed by atoms with Gasteiger partial charge in [-0.25, -0.2) is 19.0 Å². The summed E-state index contributed by atoms with van der Waals surface area (Å²) in [5.41, 5.74) is 0.814. The quantitative estimate of drug-likeness (QED) is 0.676. The number of aryl methyl sites for hydroxylation is 1. The number of fused-ring (bicyclic) bond motifs is 1. The number of ether oxygens (including phenoxy) is 1. The predicted octanol–water partition coefficient (Wildman–Crippen LogP) is 2.80. The lowest BCUT2D eigenvalue weighted by atomic mass is 10.2. The van der Waals surface area contributed by atoms with E-state index in [1.54, 1.807) is 19.9 Å². The van der Waals surface area contributed by atoms with Crippen molar-refractivity contribution in [2.24, 2.45) is 0 Å². The Bertz CT molecular complexity index is 1020. The summed E-state index contributed by atoms with van der Waals surface area (Å²) >= 11 is 0. The highest BCUT2D eigenvalue weighted by Crippen LogP contribution is 2.25. The van der Waals surface area contributed by atoms with Crippen LogP contribution in [0.5, 0.6) is 0 Å². The fraction of sp³-hybridized carbons (Fsp3) is 0.176. The van der Waals surface area contributed by atoms with Gasteiger partial charge in [-0.05, 0) is 31.5 Å².